The number of ether oxygens (including phenoxy) is 1. The molecule has 0 aliphatic carbocycles. The van der Waals surface area contributed by atoms with E-state index in [2.05, 4.69) is 5.32 Å². The smallest absolute Gasteiger partial charge is 0.243 e. The van der Waals surface area contributed by atoms with E-state index < -0.39 is 15.8 Å². The number of amides is 1. The second-order valence-corrected chi connectivity index (χ2v) is 9.55. The molecule has 6 nitrogen and oxygen atoms in total. The van der Waals surface area contributed by atoms with Gasteiger partial charge in [0.1, 0.15) is 5.82 Å². The molecule has 0 bridgehead atoms. The maximum Gasteiger partial charge on any atom is 0.243 e. The maximum atomic E-state index is 13.3. The molecule has 0 radical (unpaired) electrons. The molecule has 1 saturated heterocycles. The number of nitrogens with one attached hydrogen (secondary N) is 1. The van der Waals surface area contributed by atoms with E-state index in [9.17, 15) is 17.6 Å². The Labute approximate surface area is 185 Å². The molecule has 1 heterocycles. The number of carbonyl (C=O) groups is 1. The highest BCUT2D eigenvalue weighted by atomic mass is 35.5. The van der Waals surface area contributed by atoms with Crippen LogP contribution in [0.25, 0.3) is 0 Å². The van der Waals surface area contributed by atoms with Crippen LogP contribution < -0.4 is 10.1 Å². The van der Waals surface area contributed by atoms with Crippen LogP contribution in [0.5, 0.6) is 5.75 Å². The summed E-state index contributed by atoms with van der Waals surface area (Å²) >= 11 is 11.9. The first kappa shape index (κ1) is 22.8. The van der Waals surface area contributed by atoms with Crippen molar-refractivity contribution in [2.24, 2.45) is 5.92 Å². The van der Waals surface area contributed by atoms with Crippen LogP contribution in [0.2, 0.25) is 10.0 Å². The molecule has 0 atom stereocenters. The van der Waals surface area contributed by atoms with E-state index in [1.807, 2.05) is 6.92 Å². The molecule has 1 aliphatic heterocycles. The normalized spacial score (nSPS) is 15.7. The van der Waals surface area contributed by atoms with Crippen molar-refractivity contribution in [3.05, 3.63) is 52.3 Å². The van der Waals surface area contributed by atoms with Crippen LogP contribution in [0.3, 0.4) is 0 Å². The van der Waals surface area contributed by atoms with Crippen molar-refractivity contribution in [1.82, 2.24) is 4.31 Å². The Balaban J connectivity index is 1.66. The molecule has 1 aliphatic rings. The van der Waals surface area contributed by atoms with Gasteiger partial charge in [0.25, 0.3) is 0 Å². The number of rotatable bonds is 6. The maximum absolute atomic E-state index is 13.3. The predicted octanol–water partition coefficient (Wildman–Crippen LogP) is 4.57. The second kappa shape index (κ2) is 9.51. The topological polar surface area (TPSA) is 75.7 Å². The van der Waals surface area contributed by atoms with Gasteiger partial charge in [-0.25, -0.2) is 12.8 Å². The van der Waals surface area contributed by atoms with Gasteiger partial charge < -0.3 is 10.1 Å². The fourth-order valence-corrected chi connectivity index (χ4v) is 5.25. The standard InChI is InChI=1S/C20H21Cl2FN2O4S/c1-2-29-19-15(21)4-3-5-18(19)24-20(26)13-8-10-25(11-9-13)30(27,28)14-6-7-17(23)16(22)12-14/h3-7,12-13H,2,8-11H2,1H3,(H,24,26). The van der Waals surface area contributed by atoms with Crippen LogP contribution in [0.4, 0.5) is 10.1 Å². The quantitative estimate of drug-likeness (QED) is 0.664. The lowest BCUT2D eigenvalue weighted by atomic mass is 9.97. The summed E-state index contributed by atoms with van der Waals surface area (Å²) in [5, 5.41) is 2.97. The van der Waals surface area contributed by atoms with Gasteiger partial charge in [-0.3, -0.25) is 4.79 Å². The number of halogens is 3. The van der Waals surface area contributed by atoms with Crippen molar-refractivity contribution in [2.75, 3.05) is 25.0 Å². The summed E-state index contributed by atoms with van der Waals surface area (Å²) in [5.74, 6) is -0.858. The van der Waals surface area contributed by atoms with Crippen LogP contribution in [0.15, 0.2) is 41.3 Å². The molecule has 1 amide bonds. The zero-order valence-corrected chi connectivity index (χ0v) is 18.5. The van der Waals surface area contributed by atoms with Crippen molar-refractivity contribution in [3.8, 4) is 5.75 Å². The highest BCUT2D eigenvalue weighted by Gasteiger charge is 2.32. The molecule has 0 unspecified atom stereocenters. The van der Waals surface area contributed by atoms with Crippen molar-refractivity contribution >= 4 is 44.8 Å². The molecule has 10 heteroatoms. The Bertz CT molecular complexity index is 1040. The van der Waals surface area contributed by atoms with E-state index in [1.54, 1.807) is 18.2 Å². The number of carbonyl (C=O) groups excluding carboxylic acids is 1. The van der Waals surface area contributed by atoms with Crippen LogP contribution >= 0.6 is 23.2 Å². The number of sulfonamides is 1. The van der Waals surface area contributed by atoms with Gasteiger partial charge >= 0.3 is 0 Å². The molecule has 1 fully saturated rings. The number of hydrogen-bond acceptors (Lipinski definition) is 4. The summed E-state index contributed by atoms with van der Waals surface area (Å²) in [6.45, 7) is 2.56. The number of para-hydroxylation sites is 1. The van der Waals surface area contributed by atoms with Crippen LogP contribution in [-0.4, -0.2) is 38.3 Å². The summed E-state index contributed by atoms with van der Waals surface area (Å²) in [6, 6.07) is 8.39. The predicted molar refractivity (Wildman–Crippen MR) is 114 cm³/mol. The van der Waals surface area contributed by atoms with Crippen LogP contribution in [0.1, 0.15) is 19.8 Å². The van der Waals surface area contributed by atoms with E-state index in [0.29, 0.717) is 35.9 Å². The SMILES string of the molecule is CCOc1c(Cl)cccc1NC(=O)C1CCN(S(=O)(=O)c2ccc(F)c(Cl)c2)CC1. The molecule has 3 rings (SSSR count). The van der Waals surface area contributed by atoms with Crippen molar-refractivity contribution in [3.63, 3.8) is 0 Å². The second-order valence-electron chi connectivity index (χ2n) is 6.79. The molecule has 0 saturated carbocycles. The molecule has 2 aromatic carbocycles. The number of hydrogen-bond donors (Lipinski definition) is 1. The van der Waals surface area contributed by atoms with Gasteiger partial charge in [-0.15, -0.1) is 0 Å². The number of benzene rings is 2. The molecule has 0 aromatic heterocycles. The number of nitrogens with zero attached hydrogens (tertiary/aromatic N) is 1. The van der Waals surface area contributed by atoms with Crippen LogP contribution in [-0.2, 0) is 14.8 Å². The Morgan fingerprint density at radius 2 is 1.90 bits per heavy atom. The molecular formula is C20H21Cl2FN2O4S. The van der Waals surface area contributed by atoms with Gasteiger partial charge in [-0.2, -0.15) is 4.31 Å². The number of anilines is 1. The van der Waals surface area contributed by atoms with Gasteiger partial charge in [0, 0.05) is 19.0 Å². The highest BCUT2D eigenvalue weighted by molar-refractivity contribution is 7.89. The van der Waals surface area contributed by atoms with Gasteiger partial charge in [-0.1, -0.05) is 29.3 Å². The van der Waals surface area contributed by atoms with Crippen molar-refractivity contribution in [1.29, 1.82) is 0 Å². The average molecular weight is 475 g/mol. The van der Waals surface area contributed by atoms with Gasteiger partial charge in [0.05, 0.1) is 27.2 Å². The fourth-order valence-electron chi connectivity index (χ4n) is 3.28. The summed E-state index contributed by atoms with van der Waals surface area (Å²) < 4.78 is 45.7. The molecule has 2 aromatic rings. The van der Waals surface area contributed by atoms with Crippen LogP contribution in [0, 0.1) is 11.7 Å². The van der Waals surface area contributed by atoms with E-state index in [0.717, 1.165) is 12.1 Å². The zero-order chi connectivity index (χ0) is 21.9. The lowest BCUT2D eigenvalue weighted by Crippen LogP contribution is -2.41. The molecule has 30 heavy (non-hydrogen) atoms. The highest BCUT2D eigenvalue weighted by Crippen LogP contribution is 2.34. The van der Waals surface area contributed by atoms with E-state index in [4.69, 9.17) is 27.9 Å². The Morgan fingerprint density at radius 3 is 2.53 bits per heavy atom. The number of piperidine rings is 1. The van der Waals surface area contributed by atoms with Gasteiger partial charge in [-0.05, 0) is 50.1 Å². The monoisotopic (exact) mass is 474 g/mol. The van der Waals surface area contributed by atoms with E-state index in [1.165, 1.54) is 10.4 Å². The first-order chi connectivity index (χ1) is 14.2. The van der Waals surface area contributed by atoms with Gasteiger partial charge in [0.15, 0.2) is 5.75 Å². The Morgan fingerprint density at radius 1 is 1.20 bits per heavy atom. The minimum atomic E-state index is -3.82. The minimum absolute atomic E-state index is 0.0721. The zero-order valence-electron chi connectivity index (χ0n) is 16.2. The van der Waals surface area contributed by atoms with Crippen molar-refractivity contribution in [2.45, 2.75) is 24.7 Å². The van der Waals surface area contributed by atoms with Gasteiger partial charge in [0.2, 0.25) is 15.9 Å². The largest absolute Gasteiger partial charge is 0.490 e. The lowest BCUT2D eigenvalue weighted by Gasteiger charge is -2.30. The summed E-state index contributed by atoms with van der Waals surface area (Å²) in [7, 11) is -3.82. The average Bonchev–Trinajstić information content (AvgIpc) is 2.72. The fraction of sp³-hybridized carbons (Fsp3) is 0.350. The minimum Gasteiger partial charge on any atom is -0.490 e. The summed E-state index contributed by atoms with van der Waals surface area (Å²) in [6.07, 6.45) is 0.703. The molecule has 1 N–H and O–H groups in total. The first-order valence-corrected chi connectivity index (χ1v) is 11.6. The van der Waals surface area contributed by atoms with Crippen molar-refractivity contribution < 1.29 is 22.3 Å². The first-order valence-electron chi connectivity index (χ1n) is 9.41. The lowest BCUT2D eigenvalue weighted by molar-refractivity contribution is -0.120. The molecular weight excluding hydrogens is 454 g/mol. The third-order valence-electron chi connectivity index (χ3n) is 4.87. The molecule has 0 spiro atoms. The Kier molecular flexibility index (Phi) is 7.23. The summed E-state index contributed by atoms with van der Waals surface area (Å²) in [5.41, 5.74) is 0.477. The van der Waals surface area contributed by atoms with E-state index in [-0.39, 0.29) is 34.8 Å². The summed E-state index contributed by atoms with van der Waals surface area (Å²) in [4.78, 5) is 12.6. The third-order valence-corrected chi connectivity index (χ3v) is 7.35. The van der Waals surface area contributed by atoms with E-state index >= 15 is 0 Å². The third kappa shape index (κ3) is 4.88. The Hall–Kier alpha value is -1.87. The molecule has 162 valence electrons.